The topological polar surface area (TPSA) is 12.0 Å². The van der Waals surface area contributed by atoms with Crippen LogP contribution in [0.2, 0.25) is 0 Å². The Hall–Kier alpha value is -1.28. The summed E-state index contributed by atoms with van der Waals surface area (Å²) in [7, 11) is 0. The Morgan fingerprint density at radius 1 is 1.19 bits per heavy atom. The molecule has 0 aliphatic rings. The molecule has 0 aliphatic heterocycles. The van der Waals surface area contributed by atoms with Crippen molar-refractivity contribution in [3.8, 4) is 0 Å². The van der Waals surface area contributed by atoms with Crippen LogP contribution in [0.5, 0.6) is 0 Å². The molecular formula is C14H17NS. The predicted octanol–water partition coefficient (Wildman–Crippen LogP) is 4.62. The Kier molecular flexibility index (Phi) is 3.62. The van der Waals surface area contributed by atoms with E-state index in [1.807, 2.05) is 11.3 Å². The average Bonchev–Trinajstić information content (AvgIpc) is 2.82. The molecule has 1 N–H and O–H groups in total. The molecule has 2 rings (SSSR count). The molecule has 0 saturated carbocycles. The first-order valence-electron chi connectivity index (χ1n) is 5.66. The van der Waals surface area contributed by atoms with Crippen molar-refractivity contribution in [3.05, 3.63) is 52.2 Å². The maximum atomic E-state index is 3.57. The van der Waals surface area contributed by atoms with Crippen molar-refractivity contribution in [1.82, 2.24) is 0 Å². The summed E-state index contributed by atoms with van der Waals surface area (Å²) in [4.78, 5) is 1.41. The van der Waals surface area contributed by atoms with Crippen LogP contribution in [0.15, 0.2) is 41.8 Å². The highest BCUT2D eigenvalue weighted by atomic mass is 32.1. The summed E-state index contributed by atoms with van der Waals surface area (Å²) >= 11 is 1.82. The number of anilines is 1. The van der Waals surface area contributed by atoms with Gasteiger partial charge in [0.05, 0.1) is 6.04 Å². The number of hydrogen-bond donors (Lipinski definition) is 1. The minimum atomic E-state index is 0.433. The molecular weight excluding hydrogens is 214 g/mol. The lowest BCUT2D eigenvalue weighted by atomic mass is 10.1. The molecule has 1 atom stereocenters. The number of thiophene rings is 1. The van der Waals surface area contributed by atoms with Crippen molar-refractivity contribution in [2.24, 2.45) is 0 Å². The van der Waals surface area contributed by atoms with Crippen molar-refractivity contribution in [2.45, 2.75) is 26.3 Å². The van der Waals surface area contributed by atoms with Gasteiger partial charge in [0.15, 0.2) is 0 Å². The maximum absolute atomic E-state index is 3.57. The number of hydrogen-bond acceptors (Lipinski definition) is 2. The van der Waals surface area contributed by atoms with Crippen LogP contribution >= 0.6 is 11.3 Å². The summed E-state index contributed by atoms with van der Waals surface area (Å²) in [5.41, 5.74) is 2.50. The minimum Gasteiger partial charge on any atom is -0.377 e. The average molecular weight is 231 g/mol. The van der Waals surface area contributed by atoms with Crippen molar-refractivity contribution in [2.75, 3.05) is 5.32 Å². The lowest BCUT2D eigenvalue weighted by Gasteiger charge is -2.16. The molecule has 2 aromatic rings. The van der Waals surface area contributed by atoms with Gasteiger partial charge in [0, 0.05) is 10.6 Å². The Morgan fingerprint density at radius 2 is 1.94 bits per heavy atom. The quantitative estimate of drug-likeness (QED) is 0.809. The molecule has 0 fully saturated rings. The van der Waals surface area contributed by atoms with E-state index in [1.54, 1.807) is 0 Å². The molecule has 1 unspecified atom stereocenters. The summed E-state index contributed by atoms with van der Waals surface area (Å²) in [5.74, 6) is 0. The Labute approximate surface area is 101 Å². The molecule has 0 amide bonds. The number of benzene rings is 1. The Bertz CT molecular complexity index is 417. The van der Waals surface area contributed by atoms with E-state index in [0.29, 0.717) is 6.04 Å². The van der Waals surface area contributed by atoms with Crippen LogP contribution in [0, 0.1) is 6.92 Å². The molecule has 0 aliphatic carbocycles. The summed E-state index contributed by atoms with van der Waals surface area (Å²) in [6.07, 6.45) is 1.11. The molecule has 0 spiro atoms. The summed E-state index contributed by atoms with van der Waals surface area (Å²) in [6, 6.07) is 13.3. The van der Waals surface area contributed by atoms with Crippen molar-refractivity contribution in [1.29, 1.82) is 0 Å². The molecule has 1 aromatic heterocycles. The maximum Gasteiger partial charge on any atom is 0.0603 e. The van der Waals surface area contributed by atoms with Gasteiger partial charge in [0.1, 0.15) is 0 Å². The zero-order valence-corrected chi connectivity index (χ0v) is 10.6. The van der Waals surface area contributed by atoms with E-state index in [0.717, 1.165) is 6.42 Å². The van der Waals surface area contributed by atoms with Crippen LogP contribution < -0.4 is 5.32 Å². The third-order valence-corrected chi connectivity index (χ3v) is 3.67. The van der Waals surface area contributed by atoms with Crippen LogP contribution in [-0.2, 0) is 0 Å². The van der Waals surface area contributed by atoms with Gasteiger partial charge in [-0.05, 0) is 36.9 Å². The van der Waals surface area contributed by atoms with E-state index >= 15 is 0 Å². The standard InChI is InChI=1S/C14H17NS/c1-3-13(14-5-4-10-16-14)15-12-8-6-11(2)7-9-12/h4-10,13,15H,3H2,1-2H3. The van der Waals surface area contributed by atoms with Gasteiger partial charge in [-0.15, -0.1) is 11.3 Å². The van der Waals surface area contributed by atoms with E-state index in [9.17, 15) is 0 Å². The van der Waals surface area contributed by atoms with E-state index in [4.69, 9.17) is 0 Å². The van der Waals surface area contributed by atoms with Crippen LogP contribution in [0.25, 0.3) is 0 Å². The number of aryl methyl sites for hydroxylation is 1. The third-order valence-electron chi connectivity index (χ3n) is 2.69. The molecule has 16 heavy (non-hydrogen) atoms. The number of nitrogens with one attached hydrogen (secondary N) is 1. The highest BCUT2D eigenvalue weighted by Gasteiger charge is 2.09. The van der Waals surface area contributed by atoms with Crippen LogP contribution in [0.3, 0.4) is 0 Å². The second kappa shape index (κ2) is 5.17. The summed E-state index contributed by atoms with van der Waals surface area (Å²) in [5, 5.41) is 5.70. The molecule has 1 nitrogen and oxygen atoms in total. The lowest BCUT2D eigenvalue weighted by Crippen LogP contribution is -2.07. The van der Waals surface area contributed by atoms with Crippen LogP contribution in [0.4, 0.5) is 5.69 Å². The Balaban J connectivity index is 2.10. The van der Waals surface area contributed by atoms with Gasteiger partial charge < -0.3 is 5.32 Å². The van der Waals surface area contributed by atoms with Gasteiger partial charge in [-0.25, -0.2) is 0 Å². The first-order valence-corrected chi connectivity index (χ1v) is 6.54. The molecule has 0 saturated heterocycles. The van der Waals surface area contributed by atoms with Crippen LogP contribution in [0.1, 0.15) is 29.8 Å². The molecule has 2 heteroatoms. The molecule has 84 valence electrons. The fraction of sp³-hybridized carbons (Fsp3) is 0.286. The minimum absolute atomic E-state index is 0.433. The zero-order valence-electron chi connectivity index (χ0n) is 9.73. The smallest absolute Gasteiger partial charge is 0.0603 e. The van der Waals surface area contributed by atoms with Crippen molar-refractivity contribution < 1.29 is 0 Å². The van der Waals surface area contributed by atoms with E-state index in [-0.39, 0.29) is 0 Å². The molecule has 1 heterocycles. The van der Waals surface area contributed by atoms with Gasteiger partial charge in [-0.1, -0.05) is 30.7 Å². The highest BCUT2D eigenvalue weighted by molar-refractivity contribution is 7.10. The predicted molar refractivity (Wildman–Crippen MR) is 72.2 cm³/mol. The van der Waals surface area contributed by atoms with E-state index < -0.39 is 0 Å². The summed E-state index contributed by atoms with van der Waals surface area (Å²) in [6.45, 7) is 4.33. The fourth-order valence-corrected chi connectivity index (χ4v) is 2.58. The molecule has 0 radical (unpaired) electrons. The third kappa shape index (κ3) is 2.64. The normalized spacial score (nSPS) is 12.4. The highest BCUT2D eigenvalue weighted by Crippen LogP contribution is 2.26. The second-order valence-electron chi connectivity index (χ2n) is 3.99. The van der Waals surface area contributed by atoms with Gasteiger partial charge in [0.25, 0.3) is 0 Å². The second-order valence-corrected chi connectivity index (χ2v) is 4.97. The van der Waals surface area contributed by atoms with Crippen LogP contribution in [-0.4, -0.2) is 0 Å². The number of rotatable bonds is 4. The largest absolute Gasteiger partial charge is 0.377 e. The zero-order chi connectivity index (χ0) is 11.4. The fourth-order valence-electron chi connectivity index (χ4n) is 1.71. The first-order chi connectivity index (χ1) is 7.79. The lowest BCUT2D eigenvalue weighted by molar-refractivity contribution is 0.764. The van der Waals surface area contributed by atoms with Crippen molar-refractivity contribution in [3.63, 3.8) is 0 Å². The SMILES string of the molecule is CCC(Nc1ccc(C)cc1)c1cccs1. The van der Waals surface area contributed by atoms with Gasteiger partial charge in [0.2, 0.25) is 0 Å². The van der Waals surface area contributed by atoms with Gasteiger partial charge in [-0.2, -0.15) is 0 Å². The van der Waals surface area contributed by atoms with Crippen molar-refractivity contribution >= 4 is 17.0 Å². The molecule has 1 aromatic carbocycles. The first kappa shape index (κ1) is 11.2. The van der Waals surface area contributed by atoms with Gasteiger partial charge in [-0.3, -0.25) is 0 Å². The summed E-state index contributed by atoms with van der Waals surface area (Å²) < 4.78 is 0. The van der Waals surface area contributed by atoms with E-state index in [2.05, 4.69) is 60.9 Å². The Morgan fingerprint density at radius 3 is 2.50 bits per heavy atom. The van der Waals surface area contributed by atoms with E-state index in [1.165, 1.54) is 16.1 Å². The monoisotopic (exact) mass is 231 g/mol. The molecule has 0 bridgehead atoms. The van der Waals surface area contributed by atoms with Gasteiger partial charge >= 0.3 is 0 Å².